The third kappa shape index (κ3) is 2.23. The van der Waals surface area contributed by atoms with Crippen molar-refractivity contribution < 1.29 is 13.9 Å². The minimum atomic E-state index is -0.447. The molecule has 2 aromatic carbocycles. The van der Waals surface area contributed by atoms with Gasteiger partial charge in [0.15, 0.2) is 5.75 Å². The summed E-state index contributed by atoms with van der Waals surface area (Å²) in [6, 6.07) is 14.9. The van der Waals surface area contributed by atoms with Gasteiger partial charge in [-0.3, -0.25) is 4.79 Å². The molecule has 0 saturated carbocycles. The van der Waals surface area contributed by atoms with Crippen molar-refractivity contribution in [2.45, 2.75) is 19.3 Å². The molecule has 0 N–H and O–H groups in total. The molecule has 0 spiro atoms. The number of carbonyl (C=O) groups excluding carboxylic acids is 1. The smallest absolute Gasteiger partial charge is 0.343 e. The maximum atomic E-state index is 12.5. The number of hydrogen-bond acceptors (Lipinski definition) is 4. The fraction of sp³-hybridized carbons (Fsp3) is 0.158. The van der Waals surface area contributed by atoms with Gasteiger partial charge < -0.3 is 9.15 Å². The molecule has 0 bridgehead atoms. The Morgan fingerprint density at radius 3 is 2.70 bits per heavy atom. The highest BCUT2D eigenvalue weighted by Gasteiger charge is 2.33. The van der Waals surface area contributed by atoms with Crippen molar-refractivity contribution in [3.63, 3.8) is 0 Å². The van der Waals surface area contributed by atoms with Crippen LogP contribution < -0.4 is 10.4 Å². The van der Waals surface area contributed by atoms with E-state index in [9.17, 15) is 9.59 Å². The summed E-state index contributed by atoms with van der Waals surface area (Å²) in [4.78, 5) is 24.6. The normalized spacial score (nSPS) is 16.9. The number of hydrogen-bond donors (Lipinski definition) is 0. The maximum absolute atomic E-state index is 12.5. The standard InChI is InChI=1S/C19H14O4/c1-11-5-4-6-12(9-11)14-10-16(20)23-18-13-7-2-3-8-15(13)22-19(21)17(14)18/h2-9,14H,10H2,1H3/t14-/m1/s1. The second-order valence-corrected chi connectivity index (χ2v) is 5.77. The first kappa shape index (κ1) is 13.8. The molecule has 3 aromatic rings. The van der Waals surface area contributed by atoms with Gasteiger partial charge in [-0.05, 0) is 24.6 Å². The third-order valence-corrected chi connectivity index (χ3v) is 4.18. The van der Waals surface area contributed by atoms with Crippen molar-refractivity contribution in [3.05, 3.63) is 75.6 Å². The zero-order chi connectivity index (χ0) is 16.0. The minimum Gasteiger partial charge on any atom is -0.425 e. The van der Waals surface area contributed by atoms with E-state index in [1.54, 1.807) is 18.2 Å². The Balaban J connectivity index is 2.02. The van der Waals surface area contributed by atoms with Crippen LogP contribution >= 0.6 is 0 Å². The maximum Gasteiger partial charge on any atom is 0.343 e. The lowest BCUT2D eigenvalue weighted by molar-refractivity contribution is -0.135. The van der Waals surface area contributed by atoms with Crippen molar-refractivity contribution >= 4 is 16.9 Å². The number of esters is 1. The van der Waals surface area contributed by atoms with Gasteiger partial charge in [-0.1, -0.05) is 42.0 Å². The Morgan fingerprint density at radius 1 is 1.04 bits per heavy atom. The van der Waals surface area contributed by atoms with Crippen LogP contribution in [0.2, 0.25) is 0 Å². The number of rotatable bonds is 1. The van der Waals surface area contributed by atoms with Crippen LogP contribution in [0.4, 0.5) is 0 Å². The first-order valence-electron chi connectivity index (χ1n) is 7.46. The summed E-state index contributed by atoms with van der Waals surface area (Å²) in [5.41, 5.74) is 2.40. The van der Waals surface area contributed by atoms with E-state index < -0.39 is 5.63 Å². The predicted molar refractivity (Wildman–Crippen MR) is 85.8 cm³/mol. The van der Waals surface area contributed by atoms with Crippen LogP contribution in [0.1, 0.15) is 29.0 Å². The van der Waals surface area contributed by atoms with E-state index in [0.717, 1.165) is 11.1 Å². The topological polar surface area (TPSA) is 56.5 Å². The highest BCUT2D eigenvalue weighted by atomic mass is 16.5. The molecule has 0 unspecified atom stereocenters. The van der Waals surface area contributed by atoms with Gasteiger partial charge in [0, 0.05) is 5.92 Å². The van der Waals surface area contributed by atoms with Crippen LogP contribution in [0.3, 0.4) is 0 Å². The molecule has 4 rings (SSSR count). The van der Waals surface area contributed by atoms with Crippen molar-refractivity contribution in [1.82, 2.24) is 0 Å². The second-order valence-electron chi connectivity index (χ2n) is 5.77. The molecular weight excluding hydrogens is 292 g/mol. The molecule has 0 radical (unpaired) electrons. The van der Waals surface area contributed by atoms with E-state index in [1.807, 2.05) is 37.3 Å². The highest BCUT2D eigenvalue weighted by molar-refractivity contribution is 5.90. The van der Waals surface area contributed by atoms with E-state index in [0.29, 0.717) is 22.3 Å². The van der Waals surface area contributed by atoms with E-state index >= 15 is 0 Å². The van der Waals surface area contributed by atoms with Crippen LogP contribution in [0.25, 0.3) is 11.0 Å². The summed E-state index contributed by atoms with van der Waals surface area (Å²) in [5.74, 6) is -0.341. The molecule has 0 saturated heterocycles. The molecule has 1 aliphatic heterocycles. The summed E-state index contributed by atoms with van der Waals surface area (Å²) in [6.45, 7) is 1.98. The fourth-order valence-electron chi connectivity index (χ4n) is 3.14. The van der Waals surface area contributed by atoms with Crippen LogP contribution in [0, 0.1) is 6.92 Å². The van der Waals surface area contributed by atoms with Gasteiger partial charge in [-0.25, -0.2) is 4.79 Å². The first-order valence-corrected chi connectivity index (χ1v) is 7.46. The molecule has 23 heavy (non-hydrogen) atoms. The number of benzene rings is 2. The quantitative estimate of drug-likeness (QED) is 0.509. The zero-order valence-electron chi connectivity index (χ0n) is 12.5. The highest BCUT2D eigenvalue weighted by Crippen LogP contribution is 2.40. The first-order chi connectivity index (χ1) is 11.1. The van der Waals surface area contributed by atoms with Crippen LogP contribution in [-0.2, 0) is 4.79 Å². The summed E-state index contributed by atoms with van der Waals surface area (Å²) in [7, 11) is 0. The SMILES string of the molecule is Cc1cccc([C@H]2CC(=O)Oc3c2c(=O)oc2ccccc32)c1. The van der Waals surface area contributed by atoms with E-state index in [1.165, 1.54) is 0 Å². The number of para-hydroxylation sites is 1. The lowest BCUT2D eigenvalue weighted by Crippen LogP contribution is -2.26. The summed E-state index contributed by atoms with van der Waals surface area (Å²) in [5, 5.41) is 0.646. The van der Waals surface area contributed by atoms with E-state index in [-0.39, 0.29) is 18.3 Å². The van der Waals surface area contributed by atoms with E-state index in [2.05, 4.69) is 0 Å². The molecule has 1 aliphatic rings. The van der Waals surface area contributed by atoms with Crippen LogP contribution in [0.15, 0.2) is 57.7 Å². The molecule has 1 atom stereocenters. The third-order valence-electron chi connectivity index (χ3n) is 4.18. The minimum absolute atomic E-state index is 0.138. The Bertz CT molecular complexity index is 984. The molecule has 4 heteroatoms. The van der Waals surface area contributed by atoms with Crippen LogP contribution in [0.5, 0.6) is 5.75 Å². The monoisotopic (exact) mass is 306 g/mol. The average molecular weight is 306 g/mol. The molecule has 4 nitrogen and oxygen atoms in total. The Hall–Kier alpha value is -2.88. The van der Waals surface area contributed by atoms with Gasteiger partial charge in [0.2, 0.25) is 0 Å². The Labute approximate surface area is 132 Å². The van der Waals surface area contributed by atoms with E-state index in [4.69, 9.17) is 9.15 Å². The lowest BCUT2D eigenvalue weighted by atomic mass is 9.86. The largest absolute Gasteiger partial charge is 0.425 e. The number of fused-ring (bicyclic) bond motifs is 3. The number of ether oxygens (including phenoxy) is 1. The summed E-state index contributed by atoms with van der Waals surface area (Å²) < 4.78 is 10.8. The molecule has 1 aromatic heterocycles. The molecule has 0 aliphatic carbocycles. The van der Waals surface area contributed by atoms with Crippen LogP contribution in [-0.4, -0.2) is 5.97 Å². The lowest BCUT2D eigenvalue weighted by Gasteiger charge is -2.24. The molecule has 2 heterocycles. The van der Waals surface area contributed by atoms with Crippen molar-refractivity contribution in [3.8, 4) is 5.75 Å². The Morgan fingerprint density at radius 2 is 1.87 bits per heavy atom. The summed E-state index contributed by atoms with van der Waals surface area (Å²) >= 11 is 0. The molecule has 114 valence electrons. The van der Waals surface area contributed by atoms with Crippen molar-refractivity contribution in [1.29, 1.82) is 0 Å². The molecule has 0 amide bonds. The molecular formula is C19H14O4. The fourth-order valence-corrected chi connectivity index (χ4v) is 3.14. The van der Waals surface area contributed by atoms with Gasteiger partial charge in [-0.15, -0.1) is 0 Å². The van der Waals surface area contributed by atoms with Gasteiger partial charge in [0.25, 0.3) is 0 Å². The molecule has 0 fully saturated rings. The zero-order valence-corrected chi connectivity index (χ0v) is 12.5. The average Bonchev–Trinajstić information content (AvgIpc) is 2.54. The van der Waals surface area contributed by atoms with Crippen molar-refractivity contribution in [2.75, 3.05) is 0 Å². The second kappa shape index (κ2) is 5.09. The predicted octanol–water partition coefficient (Wildman–Crippen LogP) is 3.54. The van der Waals surface area contributed by atoms with Crippen molar-refractivity contribution in [2.24, 2.45) is 0 Å². The van der Waals surface area contributed by atoms with Gasteiger partial charge >= 0.3 is 11.6 Å². The Kier molecular flexibility index (Phi) is 3.05. The van der Waals surface area contributed by atoms with Gasteiger partial charge in [0.1, 0.15) is 5.58 Å². The van der Waals surface area contributed by atoms with Gasteiger partial charge in [-0.2, -0.15) is 0 Å². The summed E-state index contributed by atoms with van der Waals surface area (Å²) in [6.07, 6.45) is 0.138. The number of aryl methyl sites for hydroxylation is 1. The number of carbonyl (C=O) groups is 1. The van der Waals surface area contributed by atoms with Gasteiger partial charge in [0.05, 0.1) is 17.4 Å².